The molecule has 1 rings (SSSR count). The first-order valence-corrected chi connectivity index (χ1v) is 8.33. The Hall–Kier alpha value is -1.16. The molecule has 120 valence electrons. The number of hydrogen-bond donors (Lipinski definition) is 1. The van der Waals surface area contributed by atoms with Gasteiger partial charge in [-0.15, -0.1) is 0 Å². The monoisotopic (exact) mass is 293 g/mol. The Morgan fingerprint density at radius 2 is 1.81 bits per heavy atom. The van der Waals surface area contributed by atoms with E-state index in [1.165, 1.54) is 25.7 Å². The fourth-order valence-corrected chi connectivity index (χ4v) is 2.85. The van der Waals surface area contributed by atoms with Crippen molar-refractivity contribution >= 4 is 0 Å². The maximum Gasteiger partial charge on any atom is 0.216 e. The average molecular weight is 293 g/mol. The van der Waals surface area contributed by atoms with Crippen LogP contribution in [-0.4, -0.2) is 29.7 Å². The van der Waals surface area contributed by atoms with Gasteiger partial charge in [-0.05, 0) is 31.7 Å². The lowest BCUT2D eigenvalue weighted by Gasteiger charge is -2.28. The summed E-state index contributed by atoms with van der Waals surface area (Å²) in [4.78, 5) is 8.50. The fraction of sp³-hybridized carbons (Fsp3) is 0.765. The number of hydrogen-bond acceptors (Lipinski definition) is 4. The molecule has 1 unspecified atom stereocenters. The lowest BCUT2D eigenvalue weighted by Crippen LogP contribution is -2.38. The van der Waals surface area contributed by atoms with Gasteiger partial charge in [-0.2, -0.15) is 0 Å². The lowest BCUT2D eigenvalue weighted by molar-refractivity contribution is 0.306. The molecule has 1 atom stereocenters. The van der Waals surface area contributed by atoms with Gasteiger partial charge < -0.3 is 10.1 Å². The molecule has 0 spiro atoms. The Labute approximate surface area is 129 Å². The molecule has 0 aromatic carbocycles. The van der Waals surface area contributed by atoms with Crippen LogP contribution < -0.4 is 10.1 Å². The molecule has 4 nitrogen and oxygen atoms in total. The van der Waals surface area contributed by atoms with Crippen LogP contribution >= 0.6 is 0 Å². The first-order chi connectivity index (χ1) is 10.2. The van der Waals surface area contributed by atoms with Crippen molar-refractivity contribution in [2.24, 2.45) is 5.92 Å². The molecule has 1 aromatic heterocycles. The van der Waals surface area contributed by atoms with Gasteiger partial charge in [0.15, 0.2) is 0 Å². The van der Waals surface area contributed by atoms with Gasteiger partial charge in [-0.3, -0.25) is 0 Å². The minimum atomic E-state index is 0.490. The Morgan fingerprint density at radius 3 is 2.38 bits per heavy atom. The highest BCUT2D eigenvalue weighted by Crippen LogP contribution is 2.21. The molecule has 0 fully saturated rings. The van der Waals surface area contributed by atoms with E-state index in [2.05, 4.69) is 36.1 Å². The summed E-state index contributed by atoms with van der Waals surface area (Å²) in [6.07, 6.45) is 8.73. The largest absolute Gasteiger partial charge is 0.481 e. The fourth-order valence-electron chi connectivity index (χ4n) is 2.85. The molecule has 0 radical (unpaired) electrons. The first kappa shape index (κ1) is 17.9. The number of methoxy groups -OCH3 is 1. The van der Waals surface area contributed by atoms with Crippen LogP contribution in [0.5, 0.6) is 5.88 Å². The van der Waals surface area contributed by atoms with E-state index in [1.807, 2.05) is 6.07 Å². The van der Waals surface area contributed by atoms with E-state index in [0.29, 0.717) is 17.8 Å². The Kier molecular flexibility index (Phi) is 8.99. The zero-order valence-electron chi connectivity index (χ0n) is 14.1. The summed E-state index contributed by atoms with van der Waals surface area (Å²) in [5.74, 6) is 1.37. The number of nitrogens with zero attached hydrogens (tertiary/aromatic N) is 2. The van der Waals surface area contributed by atoms with Gasteiger partial charge in [0.1, 0.15) is 6.33 Å². The Bertz CT molecular complexity index is 378. The summed E-state index contributed by atoms with van der Waals surface area (Å²) in [5, 5.41) is 3.72. The quantitative estimate of drug-likeness (QED) is 0.677. The zero-order chi connectivity index (χ0) is 15.5. The van der Waals surface area contributed by atoms with Crippen molar-refractivity contribution in [2.45, 2.75) is 65.3 Å². The maximum absolute atomic E-state index is 5.20. The van der Waals surface area contributed by atoms with E-state index in [1.54, 1.807) is 13.4 Å². The topological polar surface area (TPSA) is 47.0 Å². The molecule has 0 saturated carbocycles. The minimum Gasteiger partial charge on any atom is -0.481 e. The molecular weight excluding hydrogens is 262 g/mol. The summed E-state index contributed by atoms with van der Waals surface area (Å²) in [6, 6.07) is 2.44. The third-order valence-electron chi connectivity index (χ3n) is 3.88. The highest BCUT2D eigenvalue weighted by Gasteiger charge is 2.20. The van der Waals surface area contributed by atoms with E-state index in [-0.39, 0.29) is 0 Å². The van der Waals surface area contributed by atoms with Crippen LogP contribution in [0.2, 0.25) is 0 Å². The van der Waals surface area contributed by atoms with Gasteiger partial charge in [0, 0.05) is 24.2 Å². The molecular formula is C17H31N3O. The van der Waals surface area contributed by atoms with Gasteiger partial charge in [-0.25, -0.2) is 9.97 Å². The molecule has 0 aliphatic rings. The van der Waals surface area contributed by atoms with E-state index >= 15 is 0 Å². The van der Waals surface area contributed by atoms with Gasteiger partial charge in [0.25, 0.3) is 0 Å². The van der Waals surface area contributed by atoms with Crippen molar-refractivity contribution in [3.63, 3.8) is 0 Å². The number of nitrogens with one attached hydrogen (secondary N) is 1. The highest BCUT2D eigenvalue weighted by atomic mass is 16.5. The van der Waals surface area contributed by atoms with E-state index in [0.717, 1.165) is 25.1 Å². The van der Waals surface area contributed by atoms with Gasteiger partial charge in [0.2, 0.25) is 5.88 Å². The average Bonchev–Trinajstić information content (AvgIpc) is 2.51. The van der Waals surface area contributed by atoms with Crippen molar-refractivity contribution < 1.29 is 4.74 Å². The maximum atomic E-state index is 5.20. The summed E-state index contributed by atoms with van der Waals surface area (Å²) >= 11 is 0. The normalized spacial score (nSPS) is 12.6. The van der Waals surface area contributed by atoms with Gasteiger partial charge in [-0.1, -0.05) is 33.6 Å². The van der Waals surface area contributed by atoms with Crippen molar-refractivity contribution in [2.75, 3.05) is 13.7 Å². The Balaban J connectivity index is 2.78. The second kappa shape index (κ2) is 10.6. The lowest BCUT2D eigenvalue weighted by atomic mass is 9.87. The molecule has 1 N–H and O–H groups in total. The van der Waals surface area contributed by atoms with E-state index in [4.69, 9.17) is 4.74 Å². The highest BCUT2D eigenvalue weighted by molar-refractivity contribution is 5.14. The molecule has 0 saturated heterocycles. The van der Waals surface area contributed by atoms with Crippen LogP contribution in [0.4, 0.5) is 0 Å². The predicted octanol–water partition coefficient (Wildman–Crippen LogP) is 3.61. The molecule has 21 heavy (non-hydrogen) atoms. The SMILES string of the molecule is CCCNC(Cc1cc(OC)ncn1)C(CCC)CCC. The molecule has 1 aromatic rings. The van der Waals surface area contributed by atoms with Crippen molar-refractivity contribution in [1.82, 2.24) is 15.3 Å². The standard InChI is InChI=1S/C17H31N3O/c1-5-8-14(9-6-2)16(18-10-7-3)11-15-12-17(21-4)20-13-19-15/h12-14,16,18H,5-11H2,1-4H3. The van der Waals surface area contributed by atoms with Gasteiger partial charge in [0.05, 0.1) is 7.11 Å². The minimum absolute atomic E-state index is 0.490. The zero-order valence-corrected chi connectivity index (χ0v) is 14.1. The third kappa shape index (κ3) is 6.42. The smallest absolute Gasteiger partial charge is 0.216 e. The van der Waals surface area contributed by atoms with Crippen molar-refractivity contribution in [1.29, 1.82) is 0 Å². The molecule has 0 aliphatic carbocycles. The molecule has 0 bridgehead atoms. The molecule has 1 heterocycles. The van der Waals surface area contributed by atoms with Crippen LogP contribution in [0.1, 0.15) is 58.6 Å². The van der Waals surface area contributed by atoms with Crippen molar-refractivity contribution in [3.05, 3.63) is 18.1 Å². The predicted molar refractivity (Wildman–Crippen MR) is 87.7 cm³/mol. The van der Waals surface area contributed by atoms with Crippen LogP contribution in [0.15, 0.2) is 12.4 Å². The van der Waals surface area contributed by atoms with Gasteiger partial charge >= 0.3 is 0 Å². The van der Waals surface area contributed by atoms with Crippen LogP contribution in [0, 0.1) is 5.92 Å². The second-order valence-corrected chi connectivity index (χ2v) is 5.65. The number of rotatable bonds is 11. The first-order valence-electron chi connectivity index (χ1n) is 8.33. The van der Waals surface area contributed by atoms with Crippen LogP contribution in [-0.2, 0) is 6.42 Å². The molecule has 0 aliphatic heterocycles. The molecule has 0 amide bonds. The van der Waals surface area contributed by atoms with Crippen LogP contribution in [0.3, 0.4) is 0 Å². The Morgan fingerprint density at radius 1 is 1.10 bits per heavy atom. The number of aromatic nitrogens is 2. The van der Waals surface area contributed by atoms with E-state index < -0.39 is 0 Å². The summed E-state index contributed by atoms with van der Waals surface area (Å²) in [7, 11) is 1.65. The summed E-state index contributed by atoms with van der Waals surface area (Å²) < 4.78 is 5.20. The second-order valence-electron chi connectivity index (χ2n) is 5.65. The summed E-state index contributed by atoms with van der Waals surface area (Å²) in [5.41, 5.74) is 1.06. The van der Waals surface area contributed by atoms with Crippen LogP contribution in [0.25, 0.3) is 0 Å². The van der Waals surface area contributed by atoms with E-state index in [9.17, 15) is 0 Å². The summed E-state index contributed by atoms with van der Waals surface area (Å²) in [6.45, 7) is 7.82. The molecule has 4 heteroatoms. The number of ether oxygens (including phenoxy) is 1. The third-order valence-corrected chi connectivity index (χ3v) is 3.88. The van der Waals surface area contributed by atoms with Crippen molar-refractivity contribution in [3.8, 4) is 5.88 Å².